The summed E-state index contributed by atoms with van der Waals surface area (Å²) in [6.45, 7) is 16.0. The molecule has 0 aromatic rings. The Bertz CT molecular complexity index is 203. The molecule has 0 bridgehead atoms. The summed E-state index contributed by atoms with van der Waals surface area (Å²) in [6.07, 6.45) is 4.04. The van der Waals surface area contributed by atoms with Crippen LogP contribution >= 0.6 is 0 Å². The Morgan fingerprint density at radius 1 is 1.05 bits per heavy atom. The van der Waals surface area contributed by atoms with Crippen molar-refractivity contribution >= 4 is 0 Å². The lowest BCUT2D eigenvalue weighted by Gasteiger charge is -2.27. The van der Waals surface area contributed by atoms with E-state index in [-0.39, 0.29) is 0 Å². The average Bonchev–Trinajstić information content (AvgIpc) is 2.34. The van der Waals surface area contributed by atoms with Gasteiger partial charge in [-0.05, 0) is 44.2 Å². The molecular weight excluding hydrogens is 236 g/mol. The summed E-state index contributed by atoms with van der Waals surface area (Å²) in [7, 11) is 0. The van der Waals surface area contributed by atoms with Crippen molar-refractivity contribution in [3.63, 3.8) is 0 Å². The lowest BCUT2D eigenvalue weighted by atomic mass is 10.1. The van der Waals surface area contributed by atoms with E-state index in [0.717, 1.165) is 31.5 Å². The Morgan fingerprint density at radius 2 is 1.63 bits per heavy atom. The van der Waals surface area contributed by atoms with E-state index >= 15 is 0 Å². The molecule has 1 heterocycles. The molecule has 0 atom stereocenters. The Labute approximate surface area is 120 Å². The normalized spacial score (nSPS) is 17.8. The molecule has 0 unspecified atom stereocenters. The smallest absolute Gasteiger partial charge is 0.0599 e. The molecule has 0 saturated carbocycles. The van der Waals surface area contributed by atoms with Crippen molar-refractivity contribution < 1.29 is 4.74 Å². The van der Waals surface area contributed by atoms with Gasteiger partial charge in [-0.25, -0.2) is 0 Å². The third-order valence-corrected chi connectivity index (χ3v) is 3.51. The summed E-state index contributed by atoms with van der Waals surface area (Å²) in [5, 5.41) is 3.38. The molecule has 0 radical (unpaired) electrons. The van der Waals surface area contributed by atoms with Gasteiger partial charge in [-0.1, -0.05) is 27.7 Å². The van der Waals surface area contributed by atoms with Gasteiger partial charge in [0.05, 0.1) is 6.10 Å². The number of piperidine rings is 1. The van der Waals surface area contributed by atoms with Crippen LogP contribution in [0.15, 0.2) is 0 Å². The third kappa shape index (κ3) is 8.61. The zero-order chi connectivity index (χ0) is 14.1. The van der Waals surface area contributed by atoms with Crippen molar-refractivity contribution in [2.75, 3.05) is 39.3 Å². The maximum absolute atomic E-state index is 5.98. The summed E-state index contributed by atoms with van der Waals surface area (Å²) in [5.74, 6) is 1.51. The highest BCUT2D eigenvalue weighted by Gasteiger charge is 2.13. The molecule has 1 aliphatic heterocycles. The van der Waals surface area contributed by atoms with Crippen LogP contribution in [0.3, 0.4) is 0 Å². The molecule has 1 fully saturated rings. The fraction of sp³-hybridized carbons (Fsp3) is 1.00. The second-order valence-corrected chi connectivity index (χ2v) is 6.72. The number of ether oxygens (including phenoxy) is 1. The molecule has 0 amide bonds. The minimum atomic E-state index is 0.505. The van der Waals surface area contributed by atoms with Gasteiger partial charge in [0.25, 0.3) is 0 Å². The second-order valence-electron chi connectivity index (χ2n) is 6.72. The first-order valence-corrected chi connectivity index (χ1v) is 8.12. The van der Waals surface area contributed by atoms with E-state index in [1.807, 2.05) is 0 Å². The van der Waals surface area contributed by atoms with E-state index in [1.54, 1.807) is 0 Å². The van der Waals surface area contributed by atoms with E-state index in [9.17, 15) is 0 Å². The Balaban J connectivity index is 2.12. The molecule has 0 spiro atoms. The summed E-state index contributed by atoms with van der Waals surface area (Å²) >= 11 is 0. The van der Waals surface area contributed by atoms with Crippen LogP contribution in [0.2, 0.25) is 0 Å². The van der Waals surface area contributed by atoms with Crippen LogP contribution in [0.5, 0.6) is 0 Å². The fourth-order valence-corrected chi connectivity index (χ4v) is 2.79. The third-order valence-electron chi connectivity index (χ3n) is 3.51. The molecule has 3 nitrogen and oxygen atoms in total. The van der Waals surface area contributed by atoms with E-state index in [1.165, 1.54) is 38.9 Å². The summed E-state index contributed by atoms with van der Waals surface area (Å²) in [6, 6.07) is 0. The lowest BCUT2D eigenvalue weighted by molar-refractivity contribution is 0.0268. The quantitative estimate of drug-likeness (QED) is 0.652. The SMILES string of the molecule is CC(C)CN(CCCOC1CCNCC1)CC(C)C. The summed E-state index contributed by atoms with van der Waals surface area (Å²) in [5.41, 5.74) is 0. The zero-order valence-electron chi connectivity index (χ0n) is 13.5. The predicted octanol–water partition coefficient (Wildman–Crippen LogP) is 2.76. The van der Waals surface area contributed by atoms with Gasteiger partial charge in [-0.3, -0.25) is 0 Å². The molecule has 114 valence electrons. The zero-order valence-corrected chi connectivity index (χ0v) is 13.5. The van der Waals surface area contributed by atoms with Crippen LogP contribution in [0, 0.1) is 11.8 Å². The number of nitrogens with zero attached hydrogens (tertiary/aromatic N) is 1. The van der Waals surface area contributed by atoms with Gasteiger partial charge in [0.1, 0.15) is 0 Å². The van der Waals surface area contributed by atoms with E-state index in [0.29, 0.717) is 6.10 Å². The van der Waals surface area contributed by atoms with Gasteiger partial charge in [0.2, 0.25) is 0 Å². The van der Waals surface area contributed by atoms with Gasteiger partial charge >= 0.3 is 0 Å². The van der Waals surface area contributed by atoms with Gasteiger partial charge in [-0.15, -0.1) is 0 Å². The second kappa shape index (κ2) is 9.73. The summed E-state index contributed by atoms with van der Waals surface area (Å²) in [4.78, 5) is 2.60. The first-order chi connectivity index (χ1) is 9.08. The Hall–Kier alpha value is -0.120. The number of hydrogen-bond acceptors (Lipinski definition) is 3. The highest BCUT2D eigenvalue weighted by atomic mass is 16.5. The minimum absolute atomic E-state index is 0.505. The maximum atomic E-state index is 5.98. The van der Waals surface area contributed by atoms with Crippen LogP contribution in [0.4, 0.5) is 0 Å². The van der Waals surface area contributed by atoms with Crippen molar-refractivity contribution in [3.05, 3.63) is 0 Å². The highest BCUT2D eigenvalue weighted by Crippen LogP contribution is 2.09. The lowest BCUT2D eigenvalue weighted by Crippen LogP contribution is -2.34. The van der Waals surface area contributed by atoms with Crippen LogP contribution in [-0.2, 0) is 4.74 Å². The molecule has 0 aromatic carbocycles. The van der Waals surface area contributed by atoms with Crippen molar-refractivity contribution in [1.29, 1.82) is 0 Å². The minimum Gasteiger partial charge on any atom is -0.378 e. The van der Waals surface area contributed by atoms with E-state index < -0.39 is 0 Å². The Morgan fingerprint density at radius 3 is 2.16 bits per heavy atom. The van der Waals surface area contributed by atoms with Crippen molar-refractivity contribution in [2.24, 2.45) is 11.8 Å². The van der Waals surface area contributed by atoms with Crippen LogP contribution in [0.1, 0.15) is 47.0 Å². The van der Waals surface area contributed by atoms with Crippen LogP contribution < -0.4 is 5.32 Å². The maximum Gasteiger partial charge on any atom is 0.0599 e. The number of hydrogen-bond donors (Lipinski definition) is 1. The topological polar surface area (TPSA) is 24.5 Å². The number of rotatable bonds is 9. The van der Waals surface area contributed by atoms with Crippen molar-refractivity contribution in [2.45, 2.75) is 53.1 Å². The monoisotopic (exact) mass is 270 g/mol. The Kier molecular flexibility index (Phi) is 8.67. The molecule has 1 aliphatic rings. The van der Waals surface area contributed by atoms with E-state index in [4.69, 9.17) is 4.74 Å². The first kappa shape index (κ1) is 16.9. The van der Waals surface area contributed by atoms with Crippen LogP contribution in [0.25, 0.3) is 0 Å². The van der Waals surface area contributed by atoms with Gasteiger partial charge in [0, 0.05) is 26.2 Å². The molecule has 1 rings (SSSR count). The standard InChI is InChI=1S/C16H34N2O/c1-14(2)12-18(13-15(3)4)10-5-11-19-16-6-8-17-9-7-16/h14-17H,5-13H2,1-4H3. The van der Waals surface area contributed by atoms with Crippen molar-refractivity contribution in [3.8, 4) is 0 Å². The summed E-state index contributed by atoms with van der Waals surface area (Å²) < 4.78 is 5.98. The molecule has 0 aromatic heterocycles. The van der Waals surface area contributed by atoms with Crippen LogP contribution in [-0.4, -0.2) is 50.3 Å². The highest BCUT2D eigenvalue weighted by molar-refractivity contribution is 4.68. The van der Waals surface area contributed by atoms with Gasteiger partial charge < -0.3 is 15.0 Å². The van der Waals surface area contributed by atoms with E-state index in [2.05, 4.69) is 37.9 Å². The van der Waals surface area contributed by atoms with Gasteiger partial charge in [-0.2, -0.15) is 0 Å². The molecule has 19 heavy (non-hydrogen) atoms. The molecule has 1 saturated heterocycles. The molecule has 0 aliphatic carbocycles. The first-order valence-electron chi connectivity index (χ1n) is 8.12. The predicted molar refractivity (Wildman–Crippen MR) is 82.6 cm³/mol. The largest absolute Gasteiger partial charge is 0.378 e. The molecule has 1 N–H and O–H groups in total. The van der Waals surface area contributed by atoms with Crippen molar-refractivity contribution in [1.82, 2.24) is 10.2 Å². The van der Waals surface area contributed by atoms with Gasteiger partial charge in [0.15, 0.2) is 0 Å². The number of nitrogens with one attached hydrogen (secondary N) is 1. The molecule has 3 heteroatoms. The molecular formula is C16H34N2O. The average molecular weight is 270 g/mol. The fourth-order valence-electron chi connectivity index (χ4n) is 2.79.